The third kappa shape index (κ3) is 2.49. The zero-order chi connectivity index (χ0) is 14.9. The number of carboxylic acids is 1. The van der Waals surface area contributed by atoms with Gasteiger partial charge in [0.1, 0.15) is 0 Å². The number of rotatable bonds is 3. The predicted octanol–water partition coefficient (Wildman–Crippen LogP) is 0.722. The van der Waals surface area contributed by atoms with E-state index >= 15 is 0 Å². The van der Waals surface area contributed by atoms with Crippen molar-refractivity contribution in [1.29, 1.82) is 0 Å². The molecule has 1 heterocycles. The molecule has 2 amide bonds. The molecule has 0 radical (unpaired) electrons. The van der Waals surface area contributed by atoms with Crippen LogP contribution in [0.25, 0.3) is 0 Å². The van der Waals surface area contributed by atoms with Gasteiger partial charge >= 0.3 is 5.97 Å². The smallest absolute Gasteiger partial charge is 0.335 e. The molecule has 106 valence electrons. The second-order valence-electron chi connectivity index (χ2n) is 5.28. The van der Waals surface area contributed by atoms with Gasteiger partial charge < -0.3 is 15.7 Å². The van der Waals surface area contributed by atoms with Gasteiger partial charge in [-0.05, 0) is 37.6 Å². The zero-order valence-corrected chi connectivity index (χ0v) is 11.1. The molecule has 1 aliphatic rings. The molecule has 0 saturated carbocycles. The number of benzene rings is 1. The van der Waals surface area contributed by atoms with Crippen molar-refractivity contribution < 1.29 is 19.5 Å². The fraction of sp³-hybridized carbons (Fsp3) is 0.357. The molecular weight excluding hydrogens is 260 g/mol. The van der Waals surface area contributed by atoms with Crippen molar-refractivity contribution in [2.24, 2.45) is 11.1 Å². The average molecular weight is 276 g/mol. The molecule has 1 fully saturated rings. The van der Waals surface area contributed by atoms with E-state index in [9.17, 15) is 14.4 Å². The van der Waals surface area contributed by atoms with Crippen molar-refractivity contribution in [2.75, 3.05) is 13.1 Å². The van der Waals surface area contributed by atoms with Gasteiger partial charge in [-0.15, -0.1) is 0 Å². The number of nitrogens with two attached hydrogens (primary N) is 1. The van der Waals surface area contributed by atoms with Gasteiger partial charge in [-0.25, -0.2) is 4.79 Å². The molecule has 6 heteroatoms. The van der Waals surface area contributed by atoms with E-state index in [1.165, 1.54) is 24.3 Å². The number of aromatic carboxylic acids is 1. The van der Waals surface area contributed by atoms with E-state index in [1.807, 2.05) is 0 Å². The molecule has 1 aromatic rings. The molecule has 2 rings (SSSR count). The summed E-state index contributed by atoms with van der Waals surface area (Å²) in [6.45, 7) is 2.51. The number of nitrogens with zero attached hydrogens (tertiary/aromatic N) is 1. The minimum Gasteiger partial charge on any atom is -0.478 e. The minimum absolute atomic E-state index is 0.130. The van der Waals surface area contributed by atoms with Crippen molar-refractivity contribution in [2.45, 2.75) is 13.3 Å². The molecule has 0 aliphatic carbocycles. The van der Waals surface area contributed by atoms with Crippen LogP contribution in [-0.4, -0.2) is 40.9 Å². The Hall–Kier alpha value is -2.37. The van der Waals surface area contributed by atoms with Gasteiger partial charge in [0.25, 0.3) is 5.91 Å². The number of hydrogen-bond acceptors (Lipinski definition) is 3. The molecule has 1 unspecified atom stereocenters. The van der Waals surface area contributed by atoms with Gasteiger partial charge in [0.2, 0.25) is 5.91 Å². The summed E-state index contributed by atoms with van der Waals surface area (Å²) in [7, 11) is 0. The topological polar surface area (TPSA) is 101 Å². The maximum atomic E-state index is 12.3. The van der Waals surface area contributed by atoms with Gasteiger partial charge in [0.05, 0.1) is 11.0 Å². The van der Waals surface area contributed by atoms with Gasteiger partial charge in [0.15, 0.2) is 0 Å². The number of carbonyl (C=O) groups is 3. The van der Waals surface area contributed by atoms with E-state index in [1.54, 1.807) is 11.8 Å². The van der Waals surface area contributed by atoms with E-state index in [-0.39, 0.29) is 11.5 Å². The molecule has 0 aromatic heterocycles. The quantitative estimate of drug-likeness (QED) is 0.849. The molecule has 0 bridgehead atoms. The lowest BCUT2D eigenvalue weighted by atomic mass is 9.89. The summed E-state index contributed by atoms with van der Waals surface area (Å²) in [6, 6.07) is 5.73. The molecular formula is C14H16N2O4. The largest absolute Gasteiger partial charge is 0.478 e. The average Bonchev–Trinajstić information content (AvgIpc) is 2.82. The first-order valence-corrected chi connectivity index (χ1v) is 6.26. The first-order chi connectivity index (χ1) is 9.33. The van der Waals surface area contributed by atoms with E-state index in [0.29, 0.717) is 25.1 Å². The Kier molecular flexibility index (Phi) is 3.48. The maximum Gasteiger partial charge on any atom is 0.335 e. The standard InChI is InChI=1S/C14H16N2O4/c1-14(13(15)20)6-7-16(8-14)11(17)9-2-4-10(5-3-9)12(18)19/h2-5H,6-8H2,1H3,(H2,15,20)(H,18,19). The highest BCUT2D eigenvalue weighted by Crippen LogP contribution is 2.30. The summed E-state index contributed by atoms with van der Waals surface area (Å²) in [5.41, 5.74) is 5.20. The highest BCUT2D eigenvalue weighted by atomic mass is 16.4. The molecule has 1 aliphatic heterocycles. The van der Waals surface area contributed by atoms with Gasteiger partial charge in [-0.1, -0.05) is 0 Å². The fourth-order valence-electron chi connectivity index (χ4n) is 2.27. The Morgan fingerprint density at radius 3 is 2.20 bits per heavy atom. The molecule has 1 saturated heterocycles. The molecule has 1 aromatic carbocycles. The van der Waals surface area contributed by atoms with Crippen LogP contribution in [0.5, 0.6) is 0 Å². The molecule has 1 atom stereocenters. The fourth-order valence-corrected chi connectivity index (χ4v) is 2.27. The Morgan fingerprint density at radius 2 is 1.75 bits per heavy atom. The molecule has 6 nitrogen and oxygen atoms in total. The van der Waals surface area contributed by atoms with Crippen LogP contribution < -0.4 is 5.73 Å². The molecule has 3 N–H and O–H groups in total. The van der Waals surface area contributed by atoms with E-state index in [4.69, 9.17) is 10.8 Å². The number of amides is 2. The number of hydrogen-bond donors (Lipinski definition) is 2. The van der Waals surface area contributed by atoms with Crippen molar-refractivity contribution in [1.82, 2.24) is 4.90 Å². The first-order valence-electron chi connectivity index (χ1n) is 6.26. The maximum absolute atomic E-state index is 12.3. The van der Waals surface area contributed by atoms with Crippen LogP contribution in [0.15, 0.2) is 24.3 Å². The van der Waals surface area contributed by atoms with Crippen LogP contribution >= 0.6 is 0 Å². The second-order valence-corrected chi connectivity index (χ2v) is 5.28. The number of carboxylic acid groups (broad SMARTS) is 1. The van der Waals surface area contributed by atoms with Crippen molar-refractivity contribution in [3.63, 3.8) is 0 Å². The lowest BCUT2D eigenvalue weighted by molar-refractivity contribution is -0.126. The van der Waals surface area contributed by atoms with Crippen LogP contribution in [0, 0.1) is 5.41 Å². The SMILES string of the molecule is CC1(C(N)=O)CCN(C(=O)c2ccc(C(=O)O)cc2)C1. The highest BCUT2D eigenvalue weighted by Gasteiger charge is 2.40. The molecule has 0 spiro atoms. The van der Waals surface area contributed by atoms with Crippen LogP contribution in [0.2, 0.25) is 0 Å². The van der Waals surface area contributed by atoms with Crippen LogP contribution in [0.3, 0.4) is 0 Å². The summed E-state index contributed by atoms with van der Waals surface area (Å²) in [6.07, 6.45) is 0.543. The summed E-state index contributed by atoms with van der Waals surface area (Å²) in [5, 5.41) is 8.81. The zero-order valence-electron chi connectivity index (χ0n) is 11.1. The summed E-state index contributed by atoms with van der Waals surface area (Å²) in [5.74, 6) is -1.66. The van der Waals surface area contributed by atoms with Crippen LogP contribution in [0.1, 0.15) is 34.1 Å². The summed E-state index contributed by atoms with van der Waals surface area (Å²) >= 11 is 0. The monoisotopic (exact) mass is 276 g/mol. The number of carbonyl (C=O) groups excluding carboxylic acids is 2. The Labute approximate surface area is 116 Å². The lowest BCUT2D eigenvalue weighted by Gasteiger charge is -2.21. The third-order valence-corrected chi connectivity index (χ3v) is 3.73. The van der Waals surface area contributed by atoms with E-state index in [0.717, 1.165) is 0 Å². The minimum atomic E-state index is -1.04. The van der Waals surface area contributed by atoms with Crippen LogP contribution in [0.4, 0.5) is 0 Å². The van der Waals surface area contributed by atoms with Gasteiger partial charge in [0, 0.05) is 18.7 Å². The van der Waals surface area contributed by atoms with Crippen molar-refractivity contribution >= 4 is 17.8 Å². The van der Waals surface area contributed by atoms with E-state index in [2.05, 4.69) is 0 Å². The summed E-state index contributed by atoms with van der Waals surface area (Å²) in [4.78, 5) is 36.0. The second kappa shape index (κ2) is 4.96. The van der Waals surface area contributed by atoms with Crippen molar-refractivity contribution in [3.8, 4) is 0 Å². The van der Waals surface area contributed by atoms with E-state index < -0.39 is 17.3 Å². The summed E-state index contributed by atoms with van der Waals surface area (Å²) < 4.78 is 0. The number of primary amides is 1. The van der Waals surface area contributed by atoms with Crippen LogP contribution in [-0.2, 0) is 4.79 Å². The van der Waals surface area contributed by atoms with Gasteiger partial charge in [-0.2, -0.15) is 0 Å². The normalized spacial score (nSPS) is 21.8. The Bertz CT molecular complexity index is 567. The molecule has 20 heavy (non-hydrogen) atoms. The predicted molar refractivity (Wildman–Crippen MR) is 71.2 cm³/mol. The lowest BCUT2D eigenvalue weighted by Crippen LogP contribution is -2.38. The van der Waals surface area contributed by atoms with Gasteiger partial charge in [-0.3, -0.25) is 9.59 Å². The first kappa shape index (κ1) is 14.0. The Morgan fingerprint density at radius 1 is 1.20 bits per heavy atom. The highest BCUT2D eigenvalue weighted by molar-refractivity contribution is 5.96. The number of likely N-dealkylation sites (tertiary alicyclic amines) is 1. The third-order valence-electron chi connectivity index (χ3n) is 3.73. The Balaban J connectivity index is 2.13. The van der Waals surface area contributed by atoms with Crippen molar-refractivity contribution in [3.05, 3.63) is 35.4 Å².